The fourth-order valence-corrected chi connectivity index (χ4v) is 2.53. The second kappa shape index (κ2) is 4.49. The Labute approximate surface area is 123 Å². The van der Waals surface area contributed by atoms with Gasteiger partial charge in [0.05, 0.1) is 10.9 Å². The highest BCUT2D eigenvalue weighted by atomic mass is 32.1. The molecule has 1 amide bonds. The minimum absolute atomic E-state index is 0.0766. The first-order chi connectivity index (χ1) is 9.93. The molecule has 0 saturated heterocycles. The van der Waals surface area contributed by atoms with Crippen molar-refractivity contribution in [2.45, 2.75) is 0 Å². The van der Waals surface area contributed by atoms with Crippen LogP contribution in [0.2, 0.25) is 0 Å². The van der Waals surface area contributed by atoms with Crippen LogP contribution in [0.25, 0.3) is 5.57 Å². The molecule has 0 aliphatic carbocycles. The van der Waals surface area contributed by atoms with Crippen LogP contribution in [0.3, 0.4) is 0 Å². The van der Waals surface area contributed by atoms with Crippen molar-refractivity contribution in [1.82, 2.24) is 9.13 Å². The Hall–Kier alpha value is -2.54. The average Bonchev–Trinajstić information content (AvgIpc) is 2.80. The normalized spacial score (nSPS) is 13.2. The molecule has 1 aliphatic rings. The summed E-state index contributed by atoms with van der Waals surface area (Å²) in [7, 11) is 3.03. The first-order valence-electron chi connectivity index (χ1n) is 6.15. The molecule has 106 valence electrons. The SMILES string of the molecule is Cn1c(O)c(C2=c3ccccc3=NC2=O)c(=O)n(C)c1=S. The molecule has 1 aromatic carbocycles. The zero-order valence-electron chi connectivity index (χ0n) is 11.3. The molecule has 2 aromatic rings. The van der Waals surface area contributed by atoms with Crippen molar-refractivity contribution in [3.63, 3.8) is 0 Å². The highest BCUT2D eigenvalue weighted by Gasteiger charge is 2.26. The lowest BCUT2D eigenvalue weighted by molar-refractivity contribution is -0.112. The van der Waals surface area contributed by atoms with Gasteiger partial charge in [0.15, 0.2) is 4.77 Å². The largest absolute Gasteiger partial charge is 0.494 e. The minimum atomic E-state index is -0.541. The molecule has 1 N–H and O–H groups in total. The summed E-state index contributed by atoms with van der Waals surface area (Å²) in [5, 5.41) is 11.3. The number of hydrogen-bond acceptors (Lipinski definition) is 4. The first kappa shape index (κ1) is 13.4. The topological polar surface area (TPSA) is 76.6 Å². The third-order valence-corrected chi connectivity index (χ3v) is 4.04. The second-order valence-electron chi connectivity index (χ2n) is 4.71. The summed E-state index contributed by atoms with van der Waals surface area (Å²) >= 11 is 5.06. The number of fused-ring (bicyclic) bond motifs is 1. The Bertz CT molecular complexity index is 1030. The summed E-state index contributed by atoms with van der Waals surface area (Å²) in [6.07, 6.45) is 0. The molecule has 2 heterocycles. The molecule has 21 heavy (non-hydrogen) atoms. The fourth-order valence-electron chi connectivity index (χ4n) is 2.36. The minimum Gasteiger partial charge on any atom is -0.494 e. The van der Waals surface area contributed by atoms with Gasteiger partial charge in [0.1, 0.15) is 5.56 Å². The van der Waals surface area contributed by atoms with Crippen LogP contribution < -0.4 is 16.1 Å². The van der Waals surface area contributed by atoms with Crippen LogP contribution in [0, 0.1) is 4.77 Å². The third-order valence-electron chi connectivity index (χ3n) is 3.49. The van der Waals surface area contributed by atoms with Gasteiger partial charge in [-0.25, -0.2) is 4.99 Å². The number of nitrogens with zero attached hydrogens (tertiary/aromatic N) is 3. The van der Waals surface area contributed by atoms with Gasteiger partial charge in [-0.2, -0.15) is 0 Å². The van der Waals surface area contributed by atoms with Gasteiger partial charge in [-0.15, -0.1) is 0 Å². The highest BCUT2D eigenvalue weighted by Crippen LogP contribution is 2.21. The van der Waals surface area contributed by atoms with E-state index in [0.717, 1.165) is 0 Å². The smallest absolute Gasteiger partial charge is 0.279 e. The Morgan fingerprint density at radius 3 is 2.52 bits per heavy atom. The summed E-state index contributed by atoms with van der Waals surface area (Å²) in [6.45, 7) is 0. The number of para-hydroxylation sites is 1. The van der Waals surface area contributed by atoms with Crippen molar-refractivity contribution < 1.29 is 9.90 Å². The number of aromatic hydroxyl groups is 1. The van der Waals surface area contributed by atoms with E-state index in [1.807, 2.05) is 0 Å². The lowest BCUT2D eigenvalue weighted by Gasteiger charge is -2.11. The van der Waals surface area contributed by atoms with Crippen LogP contribution in [-0.4, -0.2) is 20.1 Å². The Kier molecular flexibility index (Phi) is 2.87. The van der Waals surface area contributed by atoms with E-state index in [4.69, 9.17) is 12.2 Å². The fraction of sp³-hybridized carbons (Fsp3) is 0.143. The first-order valence-corrected chi connectivity index (χ1v) is 6.56. The van der Waals surface area contributed by atoms with Crippen molar-refractivity contribution in [2.24, 2.45) is 19.1 Å². The van der Waals surface area contributed by atoms with Crippen LogP contribution in [0.1, 0.15) is 5.56 Å². The van der Waals surface area contributed by atoms with E-state index in [2.05, 4.69) is 4.99 Å². The van der Waals surface area contributed by atoms with Crippen LogP contribution in [0.4, 0.5) is 0 Å². The summed E-state index contributed by atoms with van der Waals surface area (Å²) in [5.41, 5.74) is -0.493. The van der Waals surface area contributed by atoms with E-state index in [9.17, 15) is 14.7 Å². The molecule has 0 radical (unpaired) electrons. The Morgan fingerprint density at radius 2 is 1.81 bits per heavy atom. The molecule has 0 saturated carbocycles. The molecule has 0 spiro atoms. The summed E-state index contributed by atoms with van der Waals surface area (Å²) in [4.78, 5) is 28.5. The standard InChI is InChI=1S/C14H11N3O3S/c1-16-12(19)10(13(20)17(2)14(16)21)9-7-5-3-4-6-8(7)15-11(9)18/h3-6,19H,1-2H3. The van der Waals surface area contributed by atoms with Gasteiger partial charge in [-0.3, -0.25) is 18.7 Å². The van der Waals surface area contributed by atoms with Crippen LogP contribution in [-0.2, 0) is 18.9 Å². The second-order valence-corrected chi connectivity index (χ2v) is 5.08. The third kappa shape index (κ3) is 1.78. The molecule has 6 nitrogen and oxygen atoms in total. The molecule has 0 fully saturated rings. The lowest BCUT2D eigenvalue weighted by atomic mass is 10.1. The van der Waals surface area contributed by atoms with Crippen LogP contribution in [0.5, 0.6) is 5.88 Å². The predicted octanol–water partition coefficient (Wildman–Crippen LogP) is -0.482. The van der Waals surface area contributed by atoms with E-state index in [0.29, 0.717) is 10.6 Å². The zero-order valence-corrected chi connectivity index (χ0v) is 12.1. The van der Waals surface area contributed by atoms with Gasteiger partial charge in [-0.1, -0.05) is 18.2 Å². The maximum absolute atomic E-state index is 12.4. The maximum atomic E-state index is 12.4. The van der Waals surface area contributed by atoms with Gasteiger partial charge in [0.25, 0.3) is 11.5 Å². The molecule has 1 aliphatic heterocycles. The van der Waals surface area contributed by atoms with Crippen molar-refractivity contribution in [2.75, 3.05) is 0 Å². The lowest BCUT2D eigenvalue weighted by Crippen LogP contribution is -2.29. The quantitative estimate of drug-likeness (QED) is 0.722. The van der Waals surface area contributed by atoms with Crippen molar-refractivity contribution in [3.8, 4) is 5.88 Å². The summed E-state index contributed by atoms with van der Waals surface area (Å²) < 4.78 is 2.66. The summed E-state index contributed by atoms with van der Waals surface area (Å²) in [5.74, 6) is -0.876. The van der Waals surface area contributed by atoms with Crippen LogP contribution in [0.15, 0.2) is 34.1 Å². The monoisotopic (exact) mass is 301 g/mol. The number of carbonyl (C=O) groups is 1. The number of hydrogen-bond donors (Lipinski definition) is 1. The number of amides is 1. The molecule has 1 aromatic heterocycles. The van der Waals surface area contributed by atoms with Gasteiger partial charge < -0.3 is 5.11 Å². The van der Waals surface area contributed by atoms with Crippen molar-refractivity contribution >= 4 is 23.7 Å². The molecule has 0 atom stereocenters. The number of rotatable bonds is 1. The van der Waals surface area contributed by atoms with E-state index >= 15 is 0 Å². The molecule has 7 heteroatoms. The van der Waals surface area contributed by atoms with E-state index in [1.54, 1.807) is 24.3 Å². The molecular weight excluding hydrogens is 290 g/mol. The Balaban J connectivity index is 2.56. The molecule has 0 bridgehead atoms. The van der Waals surface area contributed by atoms with E-state index in [1.165, 1.54) is 23.2 Å². The number of aromatic nitrogens is 2. The van der Waals surface area contributed by atoms with Gasteiger partial charge >= 0.3 is 0 Å². The maximum Gasteiger partial charge on any atom is 0.279 e. The zero-order chi connectivity index (χ0) is 15.3. The molecular formula is C14H11N3O3S. The molecule has 3 rings (SSSR count). The van der Waals surface area contributed by atoms with Crippen LogP contribution >= 0.6 is 12.2 Å². The predicted molar refractivity (Wildman–Crippen MR) is 77.9 cm³/mol. The summed E-state index contributed by atoms with van der Waals surface area (Å²) in [6, 6.07) is 6.88. The van der Waals surface area contributed by atoms with Crippen molar-refractivity contribution in [1.29, 1.82) is 0 Å². The average molecular weight is 301 g/mol. The Morgan fingerprint density at radius 1 is 1.14 bits per heavy atom. The van der Waals surface area contributed by atoms with E-state index in [-0.39, 0.29) is 21.8 Å². The van der Waals surface area contributed by atoms with E-state index < -0.39 is 11.5 Å². The van der Waals surface area contributed by atoms with Gasteiger partial charge in [0.2, 0.25) is 5.88 Å². The van der Waals surface area contributed by atoms with Gasteiger partial charge in [-0.05, 0) is 18.3 Å². The number of carbonyl (C=O) groups excluding carboxylic acids is 1. The highest BCUT2D eigenvalue weighted by molar-refractivity contribution is 7.71. The molecule has 0 unspecified atom stereocenters. The number of benzene rings is 1. The van der Waals surface area contributed by atoms with Gasteiger partial charge in [0, 0.05) is 19.3 Å². The van der Waals surface area contributed by atoms with Crippen molar-refractivity contribution in [3.05, 3.63) is 55.5 Å².